The quantitative estimate of drug-likeness (QED) is 0.693. The minimum absolute atomic E-state index is 0.0431. The number of ether oxygens (including phenoxy) is 1. The highest BCUT2D eigenvalue weighted by Gasteiger charge is 2.28. The third-order valence-corrected chi connectivity index (χ3v) is 2.08. The summed E-state index contributed by atoms with van der Waals surface area (Å²) in [6, 6.07) is 0. The molecule has 1 aromatic heterocycles. The Kier molecular flexibility index (Phi) is 2.58. The average molecular weight is 196 g/mol. The molecule has 5 heteroatoms. The molecule has 2 rings (SSSR count). The van der Waals surface area contributed by atoms with Gasteiger partial charge in [-0.25, -0.2) is 0 Å². The number of carbonyl (C=O) groups excluding carboxylic acids is 1. The van der Waals surface area contributed by atoms with Crippen LogP contribution in [0.15, 0.2) is 4.52 Å². The summed E-state index contributed by atoms with van der Waals surface area (Å²) in [4.78, 5) is 15.3. The molecule has 1 aliphatic rings. The molecule has 5 nitrogen and oxygen atoms in total. The summed E-state index contributed by atoms with van der Waals surface area (Å²) in [6.45, 7) is 0.0984. The van der Waals surface area contributed by atoms with Gasteiger partial charge in [0.2, 0.25) is 5.89 Å². The number of nitrogens with zero attached hydrogens (tertiary/aromatic N) is 2. The summed E-state index contributed by atoms with van der Waals surface area (Å²) in [6.07, 6.45) is 2.43. The molecule has 76 valence electrons. The molecule has 1 fully saturated rings. The number of aromatic nitrogens is 2. The van der Waals surface area contributed by atoms with Gasteiger partial charge >= 0.3 is 0 Å². The van der Waals surface area contributed by atoms with E-state index in [0.717, 1.165) is 18.7 Å². The van der Waals surface area contributed by atoms with E-state index in [9.17, 15) is 4.79 Å². The van der Waals surface area contributed by atoms with Gasteiger partial charge in [-0.1, -0.05) is 5.16 Å². The first-order valence-electron chi connectivity index (χ1n) is 4.62. The van der Waals surface area contributed by atoms with Crippen molar-refractivity contribution in [2.45, 2.75) is 25.2 Å². The molecule has 14 heavy (non-hydrogen) atoms. The lowest BCUT2D eigenvalue weighted by Gasteiger charge is -1.93. The van der Waals surface area contributed by atoms with Crippen LogP contribution in [-0.4, -0.2) is 29.6 Å². The zero-order chi connectivity index (χ0) is 9.97. The van der Waals surface area contributed by atoms with Crippen LogP contribution in [0.4, 0.5) is 0 Å². The predicted molar refractivity (Wildman–Crippen MR) is 46.9 cm³/mol. The van der Waals surface area contributed by atoms with Crippen molar-refractivity contribution < 1.29 is 14.1 Å². The lowest BCUT2D eigenvalue weighted by atomic mass is 10.3. The molecule has 0 spiro atoms. The van der Waals surface area contributed by atoms with Crippen LogP contribution in [0, 0.1) is 0 Å². The Morgan fingerprint density at radius 1 is 1.64 bits per heavy atom. The standard InChI is InChI=1S/C9H12N2O3/c1-13-5-7(12)4-8-10-9(11-14-8)6-2-3-6/h6H,2-5H2,1H3. The molecule has 0 saturated heterocycles. The summed E-state index contributed by atoms with van der Waals surface area (Å²) in [5.74, 6) is 1.56. The first kappa shape index (κ1) is 9.33. The fourth-order valence-corrected chi connectivity index (χ4v) is 1.23. The van der Waals surface area contributed by atoms with Gasteiger partial charge in [-0.15, -0.1) is 0 Å². The summed E-state index contributed by atoms with van der Waals surface area (Å²) < 4.78 is 9.65. The molecule has 0 bridgehead atoms. The van der Waals surface area contributed by atoms with Gasteiger partial charge in [0.05, 0.1) is 6.42 Å². The summed E-state index contributed by atoms with van der Waals surface area (Å²) >= 11 is 0. The number of rotatable bonds is 5. The van der Waals surface area contributed by atoms with Crippen LogP contribution in [0.3, 0.4) is 0 Å². The number of ketones is 1. The Morgan fingerprint density at radius 2 is 2.43 bits per heavy atom. The highest BCUT2D eigenvalue weighted by Crippen LogP contribution is 2.38. The van der Waals surface area contributed by atoms with Crippen molar-refractivity contribution in [2.75, 3.05) is 13.7 Å². The molecule has 1 saturated carbocycles. The second-order valence-electron chi connectivity index (χ2n) is 3.47. The second-order valence-corrected chi connectivity index (χ2v) is 3.47. The van der Waals surface area contributed by atoms with Gasteiger partial charge in [0.25, 0.3) is 0 Å². The topological polar surface area (TPSA) is 65.2 Å². The summed E-state index contributed by atoms with van der Waals surface area (Å²) in [5, 5.41) is 3.81. The minimum Gasteiger partial charge on any atom is -0.377 e. The number of methoxy groups -OCH3 is 1. The van der Waals surface area contributed by atoms with Gasteiger partial charge in [0.1, 0.15) is 6.61 Å². The van der Waals surface area contributed by atoms with E-state index >= 15 is 0 Å². The van der Waals surface area contributed by atoms with E-state index in [4.69, 9.17) is 9.26 Å². The van der Waals surface area contributed by atoms with E-state index in [1.807, 2.05) is 0 Å². The molecule has 0 N–H and O–H groups in total. The van der Waals surface area contributed by atoms with Gasteiger partial charge in [-0.05, 0) is 12.8 Å². The number of hydrogen-bond donors (Lipinski definition) is 0. The molecule has 0 amide bonds. The van der Waals surface area contributed by atoms with E-state index in [0.29, 0.717) is 11.8 Å². The van der Waals surface area contributed by atoms with E-state index in [-0.39, 0.29) is 18.8 Å². The molecule has 1 aliphatic carbocycles. The third kappa shape index (κ3) is 2.17. The Bertz CT molecular complexity index is 331. The fraction of sp³-hybridized carbons (Fsp3) is 0.667. The Morgan fingerprint density at radius 3 is 3.07 bits per heavy atom. The highest BCUT2D eigenvalue weighted by atomic mass is 16.5. The van der Waals surface area contributed by atoms with Crippen LogP contribution in [0.2, 0.25) is 0 Å². The average Bonchev–Trinajstić information content (AvgIpc) is 2.89. The SMILES string of the molecule is COCC(=O)Cc1nc(C2CC2)no1. The smallest absolute Gasteiger partial charge is 0.234 e. The molecule has 0 radical (unpaired) electrons. The fourth-order valence-electron chi connectivity index (χ4n) is 1.23. The molecule has 0 atom stereocenters. The predicted octanol–water partition coefficient (Wildman–Crippen LogP) is 0.705. The summed E-state index contributed by atoms with van der Waals surface area (Å²) in [7, 11) is 1.49. The Labute approximate surface area is 81.4 Å². The molecular weight excluding hydrogens is 184 g/mol. The van der Waals surface area contributed by atoms with E-state index < -0.39 is 0 Å². The van der Waals surface area contributed by atoms with Crippen molar-refractivity contribution in [2.24, 2.45) is 0 Å². The molecule has 0 aromatic carbocycles. The van der Waals surface area contributed by atoms with Gasteiger partial charge in [0, 0.05) is 13.0 Å². The van der Waals surface area contributed by atoms with Crippen molar-refractivity contribution in [3.63, 3.8) is 0 Å². The maximum absolute atomic E-state index is 11.2. The van der Waals surface area contributed by atoms with Gasteiger partial charge < -0.3 is 9.26 Å². The normalized spacial score (nSPS) is 15.8. The van der Waals surface area contributed by atoms with Crippen molar-refractivity contribution in [1.29, 1.82) is 0 Å². The van der Waals surface area contributed by atoms with Crippen LogP contribution in [0.5, 0.6) is 0 Å². The van der Waals surface area contributed by atoms with Crippen molar-refractivity contribution >= 4 is 5.78 Å². The molecule has 1 heterocycles. The summed E-state index contributed by atoms with van der Waals surface area (Å²) in [5.41, 5.74) is 0. The van der Waals surface area contributed by atoms with E-state index in [2.05, 4.69) is 10.1 Å². The van der Waals surface area contributed by atoms with Gasteiger partial charge in [0.15, 0.2) is 11.6 Å². The van der Waals surface area contributed by atoms with E-state index in [1.54, 1.807) is 0 Å². The van der Waals surface area contributed by atoms with Crippen LogP contribution in [0.1, 0.15) is 30.5 Å². The zero-order valence-electron chi connectivity index (χ0n) is 8.02. The van der Waals surface area contributed by atoms with Gasteiger partial charge in [-0.2, -0.15) is 4.98 Å². The number of carbonyl (C=O) groups is 1. The first-order valence-corrected chi connectivity index (χ1v) is 4.62. The van der Waals surface area contributed by atoms with Crippen molar-refractivity contribution in [3.05, 3.63) is 11.7 Å². The van der Waals surface area contributed by atoms with E-state index in [1.165, 1.54) is 7.11 Å². The van der Waals surface area contributed by atoms with Gasteiger partial charge in [-0.3, -0.25) is 4.79 Å². The number of hydrogen-bond acceptors (Lipinski definition) is 5. The lowest BCUT2D eigenvalue weighted by molar-refractivity contribution is -0.122. The highest BCUT2D eigenvalue weighted by molar-refractivity contribution is 5.81. The Hall–Kier alpha value is -1.23. The van der Waals surface area contributed by atoms with Crippen molar-refractivity contribution in [3.8, 4) is 0 Å². The van der Waals surface area contributed by atoms with Crippen LogP contribution >= 0.6 is 0 Å². The zero-order valence-corrected chi connectivity index (χ0v) is 8.02. The minimum atomic E-state index is -0.0431. The maximum Gasteiger partial charge on any atom is 0.234 e. The molecule has 0 aliphatic heterocycles. The largest absolute Gasteiger partial charge is 0.377 e. The van der Waals surface area contributed by atoms with Crippen molar-refractivity contribution in [1.82, 2.24) is 10.1 Å². The third-order valence-electron chi connectivity index (χ3n) is 2.08. The first-order chi connectivity index (χ1) is 6.79. The lowest BCUT2D eigenvalue weighted by Crippen LogP contribution is -2.09. The number of Topliss-reactive ketones (excluding diaryl/α,β-unsaturated/α-hetero) is 1. The molecular formula is C9H12N2O3. The van der Waals surface area contributed by atoms with Crippen LogP contribution in [0.25, 0.3) is 0 Å². The Balaban J connectivity index is 1.92. The molecule has 0 unspecified atom stereocenters. The maximum atomic E-state index is 11.2. The molecule has 1 aromatic rings. The second kappa shape index (κ2) is 3.88. The van der Waals surface area contributed by atoms with Crippen LogP contribution < -0.4 is 0 Å². The van der Waals surface area contributed by atoms with Crippen LogP contribution in [-0.2, 0) is 16.0 Å². The monoisotopic (exact) mass is 196 g/mol.